The fourth-order valence-corrected chi connectivity index (χ4v) is 2.17. The molecule has 2 N–H and O–H groups in total. The first-order valence-corrected chi connectivity index (χ1v) is 6.16. The first-order chi connectivity index (χ1) is 9.02. The van der Waals surface area contributed by atoms with Gasteiger partial charge in [0.1, 0.15) is 5.92 Å². The molecule has 19 heavy (non-hydrogen) atoms. The van der Waals surface area contributed by atoms with Gasteiger partial charge in [0, 0.05) is 13.2 Å². The van der Waals surface area contributed by atoms with Gasteiger partial charge in [-0.3, -0.25) is 14.3 Å². The fourth-order valence-electron chi connectivity index (χ4n) is 2.17. The SMILES string of the molecule is CCc1nn(C)cc1C(=O)NC1COCC1C(=O)O. The van der Waals surface area contributed by atoms with Crippen molar-refractivity contribution < 1.29 is 19.4 Å². The lowest BCUT2D eigenvalue weighted by molar-refractivity contribution is -0.142. The number of nitrogens with zero attached hydrogens (tertiary/aromatic N) is 2. The van der Waals surface area contributed by atoms with E-state index in [1.54, 1.807) is 17.9 Å². The predicted octanol–water partition coefficient (Wildman–Crippen LogP) is -0.188. The quantitative estimate of drug-likeness (QED) is 0.788. The smallest absolute Gasteiger partial charge is 0.311 e. The van der Waals surface area contributed by atoms with E-state index in [0.717, 1.165) is 0 Å². The van der Waals surface area contributed by atoms with Crippen LogP contribution in [0, 0.1) is 5.92 Å². The standard InChI is InChI=1S/C12H17N3O4/c1-3-9-7(4-15(2)14-9)11(16)13-10-6-19-5-8(10)12(17)18/h4,8,10H,3,5-6H2,1-2H3,(H,13,16)(H,17,18). The molecule has 1 aliphatic heterocycles. The summed E-state index contributed by atoms with van der Waals surface area (Å²) >= 11 is 0. The topological polar surface area (TPSA) is 93.5 Å². The molecule has 1 aromatic rings. The minimum atomic E-state index is -0.954. The lowest BCUT2D eigenvalue weighted by Crippen LogP contribution is -2.42. The lowest BCUT2D eigenvalue weighted by Gasteiger charge is -2.15. The number of amides is 1. The second kappa shape index (κ2) is 5.40. The lowest BCUT2D eigenvalue weighted by atomic mass is 10.0. The maximum atomic E-state index is 12.1. The highest BCUT2D eigenvalue weighted by atomic mass is 16.5. The molecule has 1 aliphatic rings. The third-order valence-electron chi connectivity index (χ3n) is 3.20. The highest BCUT2D eigenvalue weighted by molar-refractivity contribution is 5.95. The van der Waals surface area contributed by atoms with Crippen LogP contribution in [0.3, 0.4) is 0 Å². The number of carbonyl (C=O) groups excluding carboxylic acids is 1. The van der Waals surface area contributed by atoms with E-state index in [1.165, 1.54) is 0 Å². The van der Waals surface area contributed by atoms with Crippen molar-refractivity contribution >= 4 is 11.9 Å². The number of carbonyl (C=O) groups is 2. The molecular formula is C12H17N3O4. The van der Waals surface area contributed by atoms with E-state index in [4.69, 9.17) is 9.84 Å². The van der Waals surface area contributed by atoms with Gasteiger partial charge in [0.25, 0.3) is 5.91 Å². The van der Waals surface area contributed by atoms with Crippen LogP contribution in [0.4, 0.5) is 0 Å². The number of ether oxygens (including phenoxy) is 1. The normalized spacial score (nSPS) is 22.4. The van der Waals surface area contributed by atoms with Crippen molar-refractivity contribution in [1.82, 2.24) is 15.1 Å². The van der Waals surface area contributed by atoms with E-state index >= 15 is 0 Å². The van der Waals surface area contributed by atoms with E-state index in [9.17, 15) is 9.59 Å². The van der Waals surface area contributed by atoms with Crippen molar-refractivity contribution in [2.45, 2.75) is 19.4 Å². The average molecular weight is 267 g/mol. The van der Waals surface area contributed by atoms with Crippen LogP contribution in [0.15, 0.2) is 6.20 Å². The molecule has 2 heterocycles. The third kappa shape index (κ3) is 2.76. The Morgan fingerprint density at radius 3 is 2.95 bits per heavy atom. The van der Waals surface area contributed by atoms with Crippen molar-refractivity contribution in [3.05, 3.63) is 17.5 Å². The van der Waals surface area contributed by atoms with E-state index in [0.29, 0.717) is 17.7 Å². The summed E-state index contributed by atoms with van der Waals surface area (Å²) in [4.78, 5) is 23.2. The molecule has 0 radical (unpaired) electrons. The van der Waals surface area contributed by atoms with Crippen LogP contribution in [0.1, 0.15) is 23.0 Å². The molecule has 2 atom stereocenters. The van der Waals surface area contributed by atoms with Gasteiger partial charge in [-0.2, -0.15) is 5.10 Å². The molecule has 0 aliphatic carbocycles. The number of aromatic nitrogens is 2. The summed E-state index contributed by atoms with van der Waals surface area (Å²) in [7, 11) is 1.74. The summed E-state index contributed by atoms with van der Waals surface area (Å²) in [5, 5.41) is 15.9. The molecule has 1 aromatic heterocycles. The highest BCUT2D eigenvalue weighted by Gasteiger charge is 2.35. The Morgan fingerprint density at radius 2 is 2.32 bits per heavy atom. The zero-order valence-electron chi connectivity index (χ0n) is 10.9. The van der Waals surface area contributed by atoms with Crippen molar-refractivity contribution in [3.63, 3.8) is 0 Å². The van der Waals surface area contributed by atoms with E-state index in [1.807, 2.05) is 6.92 Å². The number of carboxylic acid groups (broad SMARTS) is 1. The van der Waals surface area contributed by atoms with Crippen LogP contribution >= 0.6 is 0 Å². The molecule has 104 valence electrons. The molecule has 7 nitrogen and oxygen atoms in total. The predicted molar refractivity (Wildman–Crippen MR) is 65.8 cm³/mol. The molecule has 1 saturated heterocycles. The van der Waals surface area contributed by atoms with E-state index in [2.05, 4.69) is 10.4 Å². The number of aliphatic carboxylic acids is 1. The minimum Gasteiger partial charge on any atom is -0.481 e. The summed E-state index contributed by atoms with van der Waals surface area (Å²) in [6, 6.07) is -0.491. The van der Waals surface area contributed by atoms with Gasteiger partial charge < -0.3 is 15.2 Å². The van der Waals surface area contributed by atoms with Gasteiger partial charge >= 0.3 is 5.97 Å². The summed E-state index contributed by atoms with van der Waals surface area (Å²) in [5.41, 5.74) is 1.19. The van der Waals surface area contributed by atoms with Crippen LogP contribution in [-0.4, -0.2) is 46.0 Å². The first kappa shape index (κ1) is 13.5. The van der Waals surface area contributed by atoms with Crippen LogP contribution in [0.2, 0.25) is 0 Å². The van der Waals surface area contributed by atoms with Crippen LogP contribution in [-0.2, 0) is 23.0 Å². The minimum absolute atomic E-state index is 0.133. The second-order valence-corrected chi connectivity index (χ2v) is 4.58. The van der Waals surface area contributed by atoms with Gasteiger partial charge in [0.2, 0.25) is 0 Å². The first-order valence-electron chi connectivity index (χ1n) is 6.16. The maximum absolute atomic E-state index is 12.1. The van der Waals surface area contributed by atoms with Gasteiger partial charge in [-0.25, -0.2) is 0 Å². The Bertz CT molecular complexity index is 497. The zero-order valence-corrected chi connectivity index (χ0v) is 10.9. The monoisotopic (exact) mass is 267 g/mol. The van der Waals surface area contributed by atoms with Gasteiger partial charge in [0.15, 0.2) is 0 Å². The van der Waals surface area contributed by atoms with Crippen LogP contribution in [0.25, 0.3) is 0 Å². The van der Waals surface area contributed by atoms with E-state index in [-0.39, 0.29) is 19.1 Å². The van der Waals surface area contributed by atoms with Crippen LogP contribution in [0.5, 0.6) is 0 Å². The number of hydrogen-bond donors (Lipinski definition) is 2. The summed E-state index contributed by atoms with van der Waals surface area (Å²) in [6.07, 6.45) is 2.28. The largest absolute Gasteiger partial charge is 0.481 e. The van der Waals surface area contributed by atoms with Gasteiger partial charge in [-0.1, -0.05) is 6.92 Å². The molecular weight excluding hydrogens is 250 g/mol. The summed E-state index contributed by atoms with van der Waals surface area (Å²) in [5.74, 6) is -1.94. The Balaban J connectivity index is 2.10. The molecule has 7 heteroatoms. The summed E-state index contributed by atoms with van der Waals surface area (Å²) in [6.45, 7) is 2.27. The zero-order chi connectivity index (χ0) is 14.0. The molecule has 2 rings (SSSR count). The molecule has 0 aromatic carbocycles. The third-order valence-corrected chi connectivity index (χ3v) is 3.20. The maximum Gasteiger partial charge on any atom is 0.311 e. The highest BCUT2D eigenvalue weighted by Crippen LogP contribution is 2.15. The molecule has 2 unspecified atom stereocenters. The molecule has 0 spiro atoms. The molecule has 0 saturated carbocycles. The van der Waals surface area contributed by atoms with Gasteiger partial charge in [0.05, 0.1) is 30.5 Å². The number of rotatable bonds is 4. The number of nitrogens with one attached hydrogen (secondary N) is 1. The average Bonchev–Trinajstić information content (AvgIpc) is 2.95. The Morgan fingerprint density at radius 1 is 1.58 bits per heavy atom. The second-order valence-electron chi connectivity index (χ2n) is 4.58. The number of hydrogen-bond acceptors (Lipinski definition) is 4. The Hall–Kier alpha value is -1.89. The fraction of sp³-hybridized carbons (Fsp3) is 0.583. The van der Waals surface area contributed by atoms with Crippen molar-refractivity contribution in [2.75, 3.05) is 13.2 Å². The Kier molecular flexibility index (Phi) is 3.84. The van der Waals surface area contributed by atoms with Crippen LogP contribution < -0.4 is 5.32 Å². The molecule has 1 fully saturated rings. The van der Waals surface area contributed by atoms with E-state index < -0.39 is 17.9 Å². The van der Waals surface area contributed by atoms with Gasteiger partial charge in [-0.05, 0) is 6.42 Å². The molecule has 0 bridgehead atoms. The van der Waals surface area contributed by atoms with Crippen molar-refractivity contribution in [2.24, 2.45) is 13.0 Å². The number of aryl methyl sites for hydroxylation is 2. The van der Waals surface area contributed by atoms with Crippen molar-refractivity contribution in [3.8, 4) is 0 Å². The summed E-state index contributed by atoms with van der Waals surface area (Å²) < 4.78 is 6.69. The Labute approximate surface area is 110 Å². The van der Waals surface area contributed by atoms with Crippen molar-refractivity contribution in [1.29, 1.82) is 0 Å². The van der Waals surface area contributed by atoms with Gasteiger partial charge in [-0.15, -0.1) is 0 Å². The molecule has 1 amide bonds. The number of carboxylic acids is 1.